The smallest absolute Gasteiger partial charge is 0.244 e. The van der Waals surface area contributed by atoms with Gasteiger partial charge >= 0.3 is 0 Å². The van der Waals surface area contributed by atoms with E-state index in [1.807, 2.05) is 31.2 Å². The molecule has 2 rings (SSSR count). The fourth-order valence-electron chi connectivity index (χ4n) is 1.98. The minimum absolute atomic E-state index is 0.460. The fraction of sp³-hybridized carbons (Fsp3) is 0.188. The molecule has 0 saturated heterocycles. The van der Waals surface area contributed by atoms with Crippen molar-refractivity contribution in [1.82, 2.24) is 0 Å². The summed E-state index contributed by atoms with van der Waals surface area (Å²) in [6, 6.07) is 13.8. The van der Waals surface area contributed by atoms with E-state index >= 15 is 0 Å². The van der Waals surface area contributed by atoms with Crippen LogP contribution in [0.5, 0.6) is 5.75 Å². The third-order valence-electron chi connectivity index (χ3n) is 2.94. The molecule has 4 nitrogen and oxygen atoms in total. The highest BCUT2D eigenvalue weighted by Gasteiger charge is 2.18. The lowest BCUT2D eigenvalue weighted by Gasteiger charge is -2.18. The molecule has 0 aromatic heterocycles. The molecule has 0 aliphatic rings. The highest BCUT2D eigenvalue weighted by atomic mass is 35.5. The normalized spacial score (nSPS) is 11.7. The molecular weight excluding hydrogens is 288 g/mol. The van der Waals surface area contributed by atoms with E-state index in [1.165, 1.54) is 0 Å². The molecule has 0 saturated carbocycles. The SMILES string of the molecule is CCOc1cccc(C(Nc2ccc(Cl)cc2)C(N)=O)c1. The number of amides is 1. The number of primary amides is 1. The maximum atomic E-state index is 11.7. The van der Waals surface area contributed by atoms with Gasteiger partial charge in [0.15, 0.2) is 0 Å². The third-order valence-corrected chi connectivity index (χ3v) is 3.19. The number of anilines is 1. The van der Waals surface area contributed by atoms with E-state index in [9.17, 15) is 4.79 Å². The van der Waals surface area contributed by atoms with Crippen LogP contribution in [0.15, 0.2) is 48.5 Å². The number of nitrogens with one attached hydrogen (secondary N) is 1. The lowest BCUT2D eigenvalue weighted by atomic mass is 10.1. The topological polar surface area (TPSA) is 64.3 Å². The standard InChI is InChI=1S/C16H17ClN2O2/c1-2-21-14-5-3-4-11(10-14)15(16(18)20)19-13-8-6-12(17)7-9-13/h3-10,15,19H,2H2,1H3,(H2,18,20). The first-order valence-electron chi connectivity index (χ1n) is 6.64. The average molecular weight is 305 g/mol. The maximum Gasteiger partial charge on any atom is 0.244 e. The highest BCUT2D eigenvalue weighted by Crippen LogP contribution is 2.24. The first-order valence-corrected chi connectivity index (χ1v) is 7.02. The van der Waals surface area contributed by atoms with Crippen LogP contribution in [0.4, 0.5) is 5.69 Å². The fourth-order valence-corrected chi connectivity index (χ4v) is 2.11. The van der Waals surface area contributed by atoms with Gasteiger partial charge in [-0.05, 0) is 48.9 Å². The lowest BCUT2D eigenvalue weighted by molar-refractivity contribution is -0.118. The Morgan fingerprint density at radius 2 is 2.00 bits per heavy atom. The monoisotopic (exact) mass is 304 g/mol. The largest absolute Gasteiger partial charge is 0.494 e. The van der Waals surface area contributed by atoms with Crippen molar-refractivity contribution in [2.45, 2.75) is 13.0 Å². The van der Waals surface area contributed by atoms with Crippen LogP contribution < -0.4 is 15.8 Å². The van der Waals surface area contributed by atoms with Crippen LogP contribution in [-0.4, -0.2) is 12.5 Å². The van der Waals surface area contributed by atoms with Gasteiger partial charge in [-0.3, -0.25) is 4.79 Å². The molecule has 1 amide bonds. The van der Waals surface area contributed by atoms with Gasteiger partial charge in [0.25, 0.3) is 0 Å². The quantitative estimate of drug-likeness (QED) is 0.860. The molecule has 0 radical (unpaired) electrons. The van der Waals surface area contributed by atoms with E-state index in [0.29, 0.717) is 17.4 Å². The van der Waals surface area contributed by atoms with Crippen LogP contribution in [0, 0.1) is 0 Å². The number of ether oxygens (including phenoxy) is 1. The summed E-state index contributed by atoms with van der Waals surface area (Å²) in [5, 5.41) is 3.74. The van der Waals surface area contributed by atoms with Crippen molar-refractivity contribution in [2.24, 2.45) is 5.73 Å². The molecule has 2 aromatic carbocycles. The van der Waals surface area contributed by atoms with Crippen LogP contribution in [0.3, 0.4) is 0 Å². The van der Waals surface area contributed by atoms with Gasteiger partial charge < -0.3 is 15.8 Å². The van der Waals surface area contributed by atoms with Crippen LogP contribution in [-0.2, 0) is 4.79 Å². The predicted molar refractivity (Wildman–Crippen MR) is 84.6 cm³/mol. The zero-order valence-electron chi connectivity index (χ0n) is 11.7. The minimum atomic E-state index is -0.633. The number of carbonyl (C=O) groups is 1. The minimum Gasteiger partial charge on any atom is -0.494 e. The second-order valence-electron chi connectivity index (χ2n) is 4.49. The molecule has 0 bridgehead atoms. The van der Waals surface area contributed by atoms with Crippen molar-refractivity contribution >= 4 is 23.2 Å². The van der Waals surface area contributed by atoms with Crippen LogP contribution in [0.2, 0.25) is 5.02 Å². The molecule has 2 aromatic rings. The van der Waals surface area contributed by atoms with Crippen molar-refractivity contribution in [2.75, 3.05) is 11.9 Å². The van der Waals surface area contributed by atoms with Crippen molar-refractivity contribution in [3.8, 4) is 5.75 Å². The molecule has 21 heavy (non-hydrogen) atoms. The first kappa shape index (κ1) is 15.2. The molecule has 0 heterocycles. The summed E-state index contributed by atoms with van der Waals surface area (Å²) < 4.78 is 5.45. The van der Waals surface area contributed by atoms with Gasteiger partial charge in [0.1, 0.15) is 11.8 Å². The number of hydrogen-bond donors (Lipinski definition) is 2. The first-order chi connectivity index (χ1) is 10.1. The lowest BCUT2D eigenvalue weighted by Crippen LogP contribution is -2.27. The Hall–Kier alpha value is -2.20. The van der Waals surface area contributed by atoms with E-state index in [4.69, 9.17) is 22.1 Å². The molecule has 1 atom stereocenters. The summed E-state index contributed by atoms with van der Waals surface area (Å²) in [5.41, 5.74) is 7.02. The molecule has 1 unspecified atom stereocenters. The second-order valence-corrected chi connectivity index (χ2v) is 4.93. The zero-order valence-corrected chi connectivity index (χ0v) is 12.4. The maximum absolute atomic E-state index is 11.7. The number of hydrogen-bond acceptors (Lipinski definition) is 3. The Bertz CT molecular complexity index is 614. The van der Waals surface area contributed by atoms with Gasteiger partial charge in [-0.2, -0.15) is 0 Å². The molecule has 0 aliphatic heterocycles. The van der Waals surface area contributed by atoms with Crippen molar-refractivity contribution in [1.29, 1.82) is 0 Å². The van der Waals surface area contributed by atoms with E-state index < -0.39 is 11.9 Å². The number of rotatable bonds is 6. The van der Waals surface area contributed by atoms with E-state index in [1.54, 1.807) is 24.3 Å². The van der Waals surface area contributed by atoms with Gasteiger partial charge in [0, 0.05) is 10.7 Å². The van der Waals surface area contributed by atoms with Gasteiger partial charge in [-0.1, -0.05) is 23.7 Å². The molecular formula is C16H17ClN2O2. The van der Waals surface area contributed by atoms with Crippen LogP contribution in [0.1, 0.15) is 18.5 Å². The van der Waals surface area contributed by atoms with Crippen LogP contribution >= 0.6 is 11.6 Å². The van der Waals surface area contributed by atoms with E-state index in [0.717, 1.165) is 11.3 Å². The van der Waals surface area contributed by atoms with Gasteiger partial charge in [0.2, 0.25) is 5.91 Å². The van der Waals surface area contributed by atoms with Crippen molar-refractivity contribution < 1.29 is 9.53 Å². The summed E-state index contributed by atoms with van der Waals surface area (Å²) >= 11 is 5.85. The van der Waals surface area contributed by atoms with Gasteiger partial charge in [-0.15, -0.1) is 0 Å². The number of halogens is 1. The van der Waals surface area contributed by atoms with Crippen molar-refractivity contribution in [3.05, 3.63) is 59.1 Å². The molecule has 110 valence electrons. The Morgan fingerprint density at radius 1 is 1.29 bits per heavy atom. The number of benzene rings is 2. The molecule has 3 N–H and O–H groups in total. The van der Waals surface area contributed by atoms with Crippen molar-refractivity contribution in [3.63, 3.8) is 0 Å². The summed E-state index contributed by atoms with van der Waals surface area (Å²) in [4.78, 5) is 11.7. The van der Waals surface area contributed by atoms with Crippen LogP contribution in [0.25, 0.3) is 0 Å². The Kier molecular flexibility index (Phi) is 5.06. The van der Waals surface area contributed by atoms with Gasteiger partial charge in [0.05, 0.1) is 6.61 Å². The summed E-state index contributed by atoms with van der Waals surface area (Å²) in [5.74, 6) is 0.248. The third kappa shape index (κ3) is 4.13. The molecule has 0 fully saturated rings. The highest BCUT2D eigenvalue weighted by molar-refractivity contribution is 6.30. The summed E-state index contributed by atoms with van der Waals surface area (Å²) in [7, 11) is 0. The molecule has 0 spiro atoms. The van der Waals surface area contributed by atoms with Gasteiger partial charge in [-0.25, -0.2) is 0 Å². The molecule has 0 aliphatic carbocycles. The summed E-state index contributed by atoms with van der Waals surface area (Å²) in [6.07, 6.45) is 0. The number of nitrogens with two attached hydrogens (primary N) is 1. The Balaban J connectivity index is 2.24. The summed E-state index contributed by atoms with van der Waals surface area (Å²) in [6.45, 7) is 2.47. The zero-order chi connectivity index (χ0) is 15.2. The van der Waals surface area contributed by atoms with E-state index in [-0.39, 0.29) is 0 Å². The average Bonchev–Trinajstić information content (AvgIpc) is 2.47. The van der Waals surface area contributed by atoms with E-state index in [2.05, 4.69) is 5.32 Å². The Labute approximate surface area is 128 Å². The predicted octanol–water partition coefficient (Wildman–Crippen LogP) is 3.38. The molecule has 5 heteroatoms. The Morgan fingerprint density at radius 3 is 2.62 bits per heavy atom. The number of carbonyl (C=O) groups excluding carboxylic acids is 1. The second kappa shape index (κ2) is 6.99.